The van der Waals surface area contributed by atoms with Gasteiger partial charge < -0.3 is 33.5 Å². The average molecular weight is 438 g/mol. The Labute approximate surface area is 180 Å². The van der Waals surface area contributed by atoms with Gasteiger partial charge in [-0.15, -0.1) is 0 Å². The van der Waals surface area contributed by atoms with Crippen LogP contribution in [-0.2, 0) is 38.0 Å². The van der Waals surface area contributed by atoms with Crippen molar-refractivity contribution in [2.75, 3.05) is 14.2 Å². The van der Waals surface area contributed by atoms with Crippen LogP contribution in [0.5, 0.6) is 0 Å². The van der Waals surface area contributed by atoms with Crippen LogP contribution in [0.15, 0.2) is 0 Å². The Kier molecular flexibility index (Phi) is 3.57. The summed E-state index contributed by atoms with van der Waals surface area (Å²) in [4.78, 5) is 26.7. The second-order valence-corrected chi connectivity index (χ2v) is 11.1. The van der Waals surface area contributed by atoms with E-state index in [1.54, 1.807) is 6.92 Å². The molecule has 6 rings (SSSR count). The lowest BCUT2D eigenvalue weighted by atomic mass is 9.51. The van der Waals surface area contributed by atoms with E-state index in [0.717, 1.165) is 0 Å². The predicted octanol–water partition coefficient (Wildman–Crippen LogP) is 0.760. The molecular formula is C22H30O9. The van der Waals surface area contributed by atoms with Crippen LogP contribution < -0.4 is 0 Å². The standard InChI is InChI=1S/C22H30O9/c1-9-14(23)28-12-8-19-11-7-10(18(2,3)4)20(19)13(26-5)15(24)30-17(20)31-22(19,16(25)29-11)21(9,12)27-6/h9-14,17,23H,7-8H2,1-6H3/t9-,10+,11?,12?,13+,14?,17+,19?,20?,21-,22?/m1/s1. The lowest BCUT2D eigenvalue weighted by Crippen LogP contribution is -2.67. The molecule has 11 atom stereocenters. The van der Waals surface area contributed by atoms with Gasteiger partial charge in [-0.05, 0) is 24.2 Å². The Morgan fingerprint density at radius 1 is 1.13 bits per heavy atom. The summed E-state index contributed by atoms with van der Waals surface area (Å²) < 4.78 is 36.3. The highest BCUT2D eigenvalue weighted by Crippen LogP contribution is 2.85. The normalized spacial score (nSPS) is 58.7. The maximum Gasteiger partial charge on any atom is 0.342 e. The molecule has 0 radical (unpaired) electrons. The van der Waals surface area contributed by atoms with Crippen molar-refractivity contribution in [3.63, 3.8) is 0 Å². The highest BCUT2D eigenvalue weighted by Gasteiger charge is 3.01. The number of aliphatic hydroxyl groups excluding tert-OH is 1. The summed E-state index contributed by atoms with van der Waals surface area (Å²) in [5.41, 5.74) is -4.98. The van der Waals surface area contributed by atoms with Gasteiger partial charge in [0.1, 0.15) is 11.7 Å². The zero-order valence-corrected chi connectivity index (χ0v) is 18.7. The number of hydrogen-bond donors (Lipinski definition) is 1. The van der Waals surface area contributed by atoms with E-state index in [1.807, 2.05) is 0 Å². The van der Waals surface area contributed by atoms with Crippen LogP contribution in [0, 0.1) is 28.1 Å². The van der Waals surface area contributed by atoms with Crippen molar-refractivity contribution >= 4 is 11.9 Å². The van der Waals surface area contributed by atoms with Crippen molar-refractivity contribution in [3.05, 3.63) is 0 Å². The molecule has 4 aliphatic heterocycles. The summed E-state index contributed by atoms with van der Waals surface area (Å²) in [5.74, 6) is -1.66. The summed E-state index contributed by atoms with van der Waals surface area (Å²) >= 11 is 0. The maximum absolute atomic E-state index is 13.7. The molecule has 0 aromatic carbocycles. The summed E-state index contributed by atoms with van der Waals surface area (Å²) in [7, 11) is 3.01. The van der Waals surface area contributed by atoms with Crippen LogP contribution in [0.25, 0.3) is 0 Å². The molecule has 9 nitrogen and oxygen atoms in total. The van der Waals surface area contributed by atoms with Gasteiger partial charge >= 0.3 is 11.9 Å². The van der Waals surface area contributed by atoms with Gasteiger partial charge in [-0.25, -0.2) is 9.59 Å². The van der Waals surface area contributed by atoms with Gasteiger partial charge in [-0.2, -0.15) is 0 Å². The second kappa shape index (κ2) is 5.44. The number of carbonyl (C=O) groups is 2. The molecule has 1 N–H and O–H groups in total. The molecule has 2 aliphatic carbocycles. The first-order valence-electron chi connectivity index (χ1n) is 11.0. The van der Waals surface area contributed by atoms with Gasteiger partial charge in [-0.1, -0.05) is 27.7 Å². The summed E-state index contributed by atoms with van der Waals surface area (Å²) in [6.07, 6.45) is -3.16. The quantitative estimate of drug-likeness (QED) is 0.625. The van der Waals surface area contributed by atoms with E-state index in [0.29, 0.717) is 12.8 Å². The average Bonchev–Trinajstić information content (AvgIpc) is 3.39. The van der Waals surface area contributed by atoms with Gasteiger partial charge in [-0.3, -0.25) is 0 Å². The van der Waals surface area contributed by atoms with E-state index in [4.69, 9.17) is 28.4 Å². The molecule has 4 saturated heterocycles. The monoisotopic (exact) mass is 438 g/mol. The highest BCUT2D eigenvalue weighted by molar-refractivity contribution is 5.91. The van der Waals surface area contributed by atoms with Crippen LogP contribution in [0.2, 0.25) is 0 Å². The first kappa shape index (κ1) is 20.4. The molecule has 2 spiro atoms. The number of aliphatic hydroxyl groups is 1. The molecular weight excluding hydrogens is 408 g/mol. The molecule has 4 heterocycles. The minimum absolute atomic E-state index is 0.0886. The lowest BCUT2D eigenvalue weighted by Gasteiger charge is -2.48. The third kappa shape index (κ3) is 1.62. The number of hydrogen-bond acceptors (Lipinski definition) is 9. The van der Waals surface area contributed by atoms with Crippen molar-refractivity contribution in [1.29, 1.82) is 0 Å². The molecule has 6 unspecified atom stereocenters. The molecule has 0 bridgehead atoms. The van der Waals surface area contributed by atoms with Crippen molar-refractivity contribution < 1.29 is 43.1 Å². The molecule has 6 fully saturated rings. The minimum atomic E-state index is -1.57. The van der Waals surface area contributed by atoms with Gasteiger partial charge in [0.05, 0.1) is 16.9 Å². The summed E-state index contributed by atoms with van der Waals surface area (Å²) in [5, 5.41) is 10.6. The molecule has 2 saturated carbocycles. The van der Waals surface area contributed by atoms with Gasteiger partial charge in [0, 0.05) is 20.1 Å². The zero-order chi connectivity index (χ0) is 22.4. The highest BCUT2D eigenvalue weighted by atomic mass is 16.8. The molecule has 172 valence electrons. The van der Waals surface area contributed by atoms with E-state index >= 15 is 0 Å². The number of ether oxygens (including phenoxy) is 6. The Morgan fingerprint density at radius 3 is 2.45 bits per heavy atom. The molecule has 31 heavy (non-hydrogen) atoms. The van der Waals surface area contributed by atoms with Gasteiger partial charge in [0.25, 0.3) is 0 Å². The number of carbonyl (C=O) groups excluding carboxylic acids is 2. The Hall–Kier alpha value is -1.26. The summed E-state index contributed by atoms with van der Waals surface area (Å²) in [6.45, 7) is 8.14. The smallest absolute Gasteiger partial charge is 0.342 e. The Morgan fingerprint density at radius 2 is 1.84 bits per heavy atom. The first-order valence-corrected chi connectivity index (χ1v) is 11.0. The van der Waals surface area contributed by atoms with Crippen LogP contribution in [-0.4, -0.2) is 73.4 Å². The summed E-state index contributed by atoms with van der Waals surface area (Å²) in [6, 6.07) is 0. The van der Waals surface area contributed by atoms with Crippen LogP contribution in [0.4, 0.5) is 0 Å². The SMILES string of the molecule is CO[C@H]1C(=O)O[C@H]2OC34C(=O)OC5C[C@@H](C(C)(C)C)C21C53CC1OC(O)[C@@H](C)[C@@]14OC. The Bertz CT molecular complexity index is 883. The zero-order valence-electron chi connectivity index (χ0n) is 18.7. The van der Waals surface area contributed by atoms with E-state index in [9.17, 15) is 14.7 Å². The fraction of sp³-hybridized carbons (Fsp3) is 0.909. The fourth-order valence-corrected chi connectivity index (χ4v) is 8.89. The van der Waals surface area contributed by atoms with Crippen LogP contribution in [0.3, 0.4) is 0 Å². The van der Waals surface area contributed by atoms with E-state index in [-0.39, 0.29) is 11.3 Å². The van der Waals surface area contributed by atoms with Gasteiger partial charge in [0.15, 0.2) is 12.4 Å². The fourth-order valence-electron chi connectivity index (χ4n) is 8.89. The molecule has 9 heteroatoms. The third-order valence-electron chi connectivity index (χ3n) is 9.62. The Balaban J connectivity index is 1.69. The van der Waals surface area contributed by atoms with E-state index in [1.165, 1.54) is 14.2 Å². The predicted molar refractivity (Wildman–Crippen MR) is 101 cm³/mol. The lowest BCUT2D eigenvalue weighted by molar-refractivity contribution is -0.245. The van der Waals surface area contributed by atoms with Crippen molar-refractivity contribution in [3.8, 4) is 0 Å². The van der Waals surface area contributed by atoms with Crippen LogP contribution in [0.1, 0.15) is 40.5 Å². The largest absolute Gasteiger partial charge is 0.459 e. The van der Waals surface area contributed by atoms with E-state index < -0.39 is 70.8 Å². The molecule has 0 amide bonds. The number of esters is 2. The number of rotatable bonds is 2. The topological polar surface area (TPSA) is 110 Å². The second-order valence-electron chi connectivity index (χ2n) is 11.1. The number of fused-ring (bicyclic) bond motifs is 1. The minimum Gasteiger partial charge on any atom is -0.459 e. The maximum atomic E-state index is 13.7. The third-order valence-corrected chi connectivity index (χ3v) is 9.62. The number of methoxy groups -OCH3 is 2. The van der Waals surface area contributed by atoms with Crippen molar-refractivity contribution in [2.24, 2.45) is 28.1 Å². The first-order chi connectivity index (χ1) is 14.5. The molecule has 0 aromatic heterocycles. The van der Waals surface area contributed by atoms with Crippen LogP contribution >= 0.6 is 0 Å². The molecule has 0 aromatic rings. The van der Waals surface area contributed by atoms with Gasteiger partial charge in [0.2, 0.25) is 11.9 Å². The van der Waals surface area contributed by atoms with E-state index in [2.05, 4.69) is 20.8 Å². The van der Waals surface area contributed by atoms with Crippen molar-refractivity contribution in [2.45, 2.75) is 82.6 Å². The molecule has 6 aliphatic rings. The van der Waals surface area contributed by atoms with Crippen molar-refractivity contribution in [1.82, 2.24) is 0 Å².